The third kappa shape index (κ3) is 45.4. The molecule has 0 saturated carbocycles. The largest absolute Gasteiger partial charge is 0.472 e. The van der Waals surface area contributed by atoms with Gasteiger partial charge >= 0.3 is 13.8 Å². The van der Waals surface area contributed by atoms with Crippen molar-refractivity contribution in [3.8, 4) is 0 Å². The first-order valence-corrected chi connectivity index (χ1v) is 25.4. The Kier molecular flexibility index (Phi) is 44.8. The van der Waals surface area contributed by atoms with Crippen LogP contribution in [0.5, 0.6) is 0 Å². The molecule has 0 saturated heterocycles. The molecule has 3 unspecified atom stereocenters. The molecule has 0 radical (unpaired) electrons. The Morgan fingerprint density at radius 2 is 0.950 bits per heavy atom. The van der Waals surface area contributed by atoms with E-state index in [1.165, 1.54) is 89.9 Å². The molecule has 60 heavy (non-hydrogen) atoms. The van der Waals surface area contributed by atoms with Gasteiger partial charge in [0.25, 0.3) is 0 Å². The van der Waals surface area contributed by atoms with Crippen LogP contribution in [-0.2, 0) is 27.9 Å². The van der Waals surface area contributed by atoms with Crippen molar-refractivity contribution in [3.05, 3.63) is 72.9 Å². The minimum absolute atomic E-state index is 0.0337. The highest BCUT2D eigenvalue weighted by Gasteiger charge is 2.26. The van der Waals surface area contributed by atoms with E-state index in [9.17, 15) is 19.4 Å². The molecule has 0 bridgehead atoms. The SMILES string of the molecule is CC/C=C\C/C=C\C/C=C\C/C=C\CCCCCCC(=O)OC(COCCCCCCCCCCCC/C=C\C/C=C\CCCCCCC)COP(=O)(O)OCC(O)CO. The lowest BCUT2D eigenvalue weighted by atomic mass is 10.1. The molecule has 10 heteroatoms. The molecule has 0 aromatic heterocycles. The summed E-state index contributed by atoms with van der Waals surface area (Å²) in [6.07, 6.45) is 55.8. The third-order valence-electron chi connectivity index (χ3n) is 9.88. The highest BCUT2D eigenvalue weighted by Crippen LogP contribution is 2.43. The van der Waals surface area contributed by atoms with Crippen LogP contribution in [0.25, 0.3) is 0 Å². The van der Waals surface area contributed by atoms with Crippen LogP contribution in [0.3, 0.4) is 0 Å². The van der Waals surface area contributed by atoms with Crippen molar-refractivity contribution in [2.45, 2.75) is 206 Å². The predicted octanol–water partition coefficient (Wildman–Crippen LogP) is 13.7. The summed E-state index contributed by atoms with van der Waals surface area (Å²) in [5.41, 5.74) is 0. The number of aliphatic hydroxyl groups excluding tert-OH is 2. The van der Waals surface area contributed by atoms with Crippen LogP contribution in [0.15, 0.2) is 72.9 Å². The minimum atomic E-state index is -4.53. The molecule has 348 valence electrons. The number of phosphoric acid groups is 1. The number of ether oxygens (including phenoxy) is 2. The zero-order chi connectivity index (χ0) is 43.9. The van der Waals surface area contributed by atoms with Crippen LogP contribution in [0.4, 0.5) is 0 Å². The van der Waals surface area contributed by atoms with E-state index in [4.69, 9.17) is 23.6 Å². The number of allylic oxidation sites excluding steroid dienone is 12. The third-order valence-corrected chi connectivity index (χ3v) is 10.8. The summed E-state index contributed by atoms with van der Waals surface area (Å²) in [6.45, 7) is 3.35. The molecule has 0 heterocycles. The fraction of sp³-hybridized carbons (Fsp3) is 0.740. The Bertz CT molecular complexity index is 1160. The molecule has 0 amide bonds. The van der Waals surface area contributed by atoms with Gasteiger partial charge < -0.3 is 24.6 Å². The van der Waals surface area contributed by atoms with Crippen LogP contribution in [0.2, 0.25) is 0 Å². The van der Waals surface area contributed by atoms with Gasteiger partial charge in [-0.2, -0.15) is 0 Å². The topological polar surface area (TPSA) is 132 Å². The molecule has 0 aliphatic rings. The summed E-state index contributed by atoms with van der Waals surface area (Å²) in [5.74, 6) is -0.408. The normalized spacial score (nSPS) is 14.6. The maximum atomic E-state index is 12.6. The summed E-state index contributed by atoms with van der Waals surface area (Å²) in [7, 11) is -4.53. The number of unbranched alkanes of at least 4 members (excludes halogenated alkanes) is 19. The number of hydrogen-bond acceptors (Lipinski definition) is 8. The van der Waals surface area contributed by atoms with E-state index in [1.807, 2.05) is 0 Å². The van der Waals surface area contributed by atoms with Gasteiger partial charge in [-0.15, -0.1) is 0 Å². The van der Waals surface area contributed by atoms with Crippen LogP contribution >= 0.6 is 7.82 Å². The molecule has 0 aromatic rings. The Morgan fingerprint density at radius 3 is 1.43 bits per heavy atom. The molecule has 0 aliphatic carbocycles. The number of esters is 1. The van der Waals surface area contributed by atoms with Gasteiger partial charge in [0.15, 0.2) is 0 Å². The van der Waals surface area contributed by atoms with E-state index in [-0.39, 0.29) is 13.0 Å². The van der Waals surface area contributed by atoms with Gasteiger partial charge in [0, 0.05) is 13.0 Å². The second-order valence-electron chi connectivity index (χ2n) is 15.7. The van der Waals surface area contributed by atoms with Crippen molar-refractivity contribution in [3.63, 3.8) is 0 Å². The first-order valence-electron chi connectivity index (χ1n) is 23.9. The number of phosphoric ester groups is 1. The van der Waals surface area contributed by atoms with Gasteiger partial charge in [-0.3, -0.25) is 13.8 Å². The van der Waals surface area contributed by atoms with Crippen LogP contribution in [0, 0.1) is 0 Å². The maximum Gasteiger partial charge on any atom is 0.472 e. The zero-order valence-electron chi connectivity index (χ0n) is 38.2. The summed E-state index contributed by atoms with van der Waals surface area (Å²) in [4.78, 5) is 22.6. The van der Waals surface area contributed by atoms with Gasteiger partial charge in [-0.25, -0.2) is 4.57 Å². The minimum Gasteiger partial charge on any atom is -0.457 e. The number of carbonyl (C=O) groups is 1. The van der Waals surface area contributed by atoms with Gasteiger partial charge in [0.2, 0.25) is 0 Å². The number of rotatable bonds is 45. The number of hydrogen-bond donors (Lipinski definition) is 3. The predicted molar refractivity (Wildman–Crippen MR) is 251 cm³/mol. The Morgan fingerprint density at radius 1 is 0.533 bits per heavy atom. The molecular formula is C50H89O9P. The fourth-order valence-corrected chi connectivity index (χ4v) is 7.05. The lowest BCUT2D eigenvalue weighted by molar-refractivity contribution is -0.154. The van der Waals surface area contributed by atoms with E-state index in [0.29, 0.717) is 13.0 Å². The second kappa shape index (κ2) is 46.4. The van der Waals surface area contributed by atoms with E-state index in [2.05, 4.69) is 86.8 Å². The molecule has 0 aliphatic heterocycles. The molecule has 9 nitrogen and oxygen atoms in total. The van der Waals surface area contributed by atoms with Crippen molar-refractivity contribution in [1.82, 2.24) is 0 Å². The van der Waals surface area contributed by atoms with Gasteiger partial charge in [-0.05, 0) is 83.5 Å². The molecule has 0 rings (SSSR count). The quantitative estimate of drug-likeness (QED) is 0.0237. The highest BCUT2D eigenvalue weighted by atomic mass is 31.2. The van der Waals surface area contributed by atoms with Crippen molar-refractivity contribution in [1.29, 1.82) is 0 Å². The Balaban J connectivity index is 4.15. The van der Waals surface area contributed by atoms with Crippen LogP contribution < -0.4 is 0 Å². The standard InChI is InChI=1S/C50H89O9P/c1-3-5-7-9-11-13-15-17-19-21-22-23-24-25-27-29-31-33-35-37-39-41-43-56-46-49(47-58-60(54,55)57-45-48(52)44-51)59-50(53)42-40-38-36-34-32-30-28-26-20-18-16-14-12-10-8-6-4-2/h6,8,12,14-15,17-18,20-22,28,30,48-49,51-52H,3-5,7,9-11,13,16,19,23-27,29,31-47H2,1-2H3,(H,54,55)/b8-6-,14-12-,17-15-,20-18-,22-21-,30-28-. The first kappa shape index (κ1) is 57.9. The molecule has 0 aromatic carbocycles. The average molecular weight is 865 g/mol. The van der Waals surface area contributed by atoms with Crippen molar-refractivity contribution < 1.29 is 43.0 Å². The van der Waals surface area contributed by atoms with E-state index < -0.39 is 45.8 Å². The first-order chi connectivity index (χ1) is 29.3. The Labute approximate surface area is 367 Å². The van der Waals surface area contributed by atoms with Crippen molar-refractivity contribution in [2.75, 3.05) is 33.0 Å². The van der Waals surface area contributed by atoms with Crippen molar-refractivity contribution >= 4 is 13.8 Å². The molecule has 0 spiro atoms. The van der Waals surface area contributed by atoms with E-state index in [1.54, 1.807) is 0 Å². The lowest BCUT2D eigenvalue weighted by Crippen LogP contribution is -2.29. The maximum absolute atomic E-state index is 12.6. The smallest absolute Gasteiger partial charge is 0.457 e. The fourth-order valence-electron chi connectivity index (χ4n) is 6.26. The summed E-state index contributed by atoms with van der Waals surface area (Å²) < 4.78 is 33.4. The molecule has 3 atom stereocenters. The summed E-state index contributed by atoms with van der Waals surface area (Å²) in [6, 6.07) is 0. The summed E-state index contributed by atoms with van der Waals surface area (Å²) >= 11 is 0. The van der Waals surface area contributed by atoms with Crippen molar-refractivity contribution in [2.24, 2.45) is 0 Å². The molecule has 3 N–H and O–H groups in total. The average Bonchev–Trinajstić information content (AvgIpc) is 3.24. The summed E-state index contributed by atoms with van der Waals surface area (Å²) in [5, 5.41) is 18.4. The van der Waals surface area contributed by atoms with E-state index in [0.717, 1.165) is 77.0 Å². The molecular weight excluding hydrogens is 776 g/mol. The van der Waals surface area contributed by atoms with Gasteiger partial charge in [0.1, 0.15) is 12.2 Å². The molecule has 0 fully saturated rings. The number of carbonyl (C=O) groups excluding carboxylic acids is 1. The zero-order valence-corrected chi connectivity index (χ0v) is 39.1. The highest BCUT2D eigenvalue weighted by molar-refractivity contribution is 7.47. The van der Waals surface area contributed by atoms with Gasteiger partial charge in [-0.1, -0.05) is 177 Å². The monoisotopic (exact) mass is 865 g/mol. The van der Waals surface area contributed by atoms with Gasteiger partial charge in [0.05, 0.1) is 26.4 Å². The van der Waals surface area contributed by atoms with Crippen LogP contribution in [0.1, 0.15) is 194 Å². The Hall–Kier alpha value is -2.10. The van der Waals surface area contributed by atoms with Crippen LogP contribution in [-0.4, -0.2) is 66.3 Å². The lowest BCUT2D eigenvalue weighted by Gasteiger charge is -2.20. The second-order valence-corrected chi connectivity index (χ2v) is 17.2. The number of aliphatic hydroxyl groups is 2. The van der Waals surface area contributed by atoms with E-state index >= 15 is 0 Å².